The maximum atomic E-state index is 12.4. The van der Waals surface area contributed by atoms with Crippen LogP contribution < -0.4 is 16.8 Å². The number of nitrogens with zero attached hydrogens (tertiary/aromatic N) is 5. The van der Waals surface area contributed by atoms with E-state index in [1.165, 1.54) is 0 Å². The van der Waals surface area contributed by atoms with Gasteiger partial charge >= 0.3 is 0 Å². The van der Waals surface area contributed by atoms with Crippen molar-refractivity contribution in [1.82, 2.24) is 5.32 Å². The highest BCUT2D eigenvalue weighted by Gasteiger charge is 2.34. The fourth-order valence-corrected chi connectivity index (χ4v) is 2.57. The minimum atomic E-state index is -0.278. The number of nitrogens with two attached hydrogens (primary N) is 2. The van der Waals surface area contributed by atoms with Crippen LogP contribution in [0.2, 0.25) is 0 Å². The van der Waals surface area contributed by atoms with Crippen LogP contribution in [0.15, 0.2) is 25.4 Å². The van der Waals surface area contributed by atoms with E-state index in [1.54, 1.807) is 0 Å². The maximum absolute atomic E-state index is 12.4. The number of hydrogen-bond donors (Lipinski definition) is 3. The first kappa shape index (κ1) is 18.3. The molecule has 0 saturated carbocycles. The minimum Gasteiger partial charge on any atom is -0.370 e. The van der Waals surface area contributed by atoms with Gasteiger partial charge in [-0.2, -0.15) is 20.5 Å². The van der Waals surface area contributed by atoms with E-state index < -0.39 is 0 Å². The molecular formula is C15H28N8O. The fourth-order valence-electron chi connectivity index (χ4n) is 2.57. The Bertz CT molecular complexity index is 526. The molecule has 0 aromatic heterocycles. The van der Waals surface area contributed by atoms with Gasteiger partial charge < -0.3 is 16.8 Å². The molecule has 0 aromatic rings. The average Bonchev–Trinajstić information content (AvgIpc) is 3.42. The van der Waals surface area contributed by atoms with Crippen molar-refractivity contribution in [1.29, 1.82) is 0 Å². The van der Waals surface area contributed by atoms with Crippen molar-refractivity contribution in [3.63, 3.8) is 0 Å². The molecule has 0 radical (unpaired) electrons. The predicted octanol–water partition coefficient (Wildman–Crippen LogP) is 1.70. The molecule has 0 spiro atoms. The predicted molar refractivity (Wildman–Crippen MR) is 91.4 cm³/mol. The zero-order valence-electron chi connectivity index (χ0n) is 14.5. The van der Waals surface area contributed by atoms with Crippen molar-refractivity contribution in [2.75, 3.05) is 13.1 Å². The third-order valence-corrected chi connectivity index (χ3v) is 4.36. The molecular weight excluding hydrogens is 308 g/mol. The highest BCUT2D eigenvalue weighted by atomic mass is 16.1. The van der Waals surface area contributed by atoms with Gasteiger partial charge in [-0.3, -0.25) is 9.79 Å². The molecule has 24 heavy (non-hydrogen) atoms. The van der Waals surface area contributed by atoms with E-state index in [0.29, 0.717) is 13.1 Å². The largest absolute Gasteiger partial charge is 0.370 e. The Morgan fingerprint density at radius 2 is 1.62 bits per heavy atom. The molecule has 134 valence electrons. The summed E-state index contributed by atoms with van der Waals surface area (Å²) in [7, 11) is 0. The van der Waals surface area contributed by atoms with Crippen molar-refractivity contribution >= 4 is 11.9 Å². The molecule has 2 aliphatic heterocycles. The van der Waals surface area contributed by atoms with Gasteiger partial charge in [0.1, 0.15) is 0 Å². The van der Waals surface area contributed by atoms with Crippen molar-refractivity contribution in [3.8, 4) is 0 Å². The van der Waals surface area contributed by atoms with Crippen molar-refractivity contribution in [2.24, 2.45) is 42.8 Å². The molecule has 9 nitrogen and oxygen atoms in total. The lowest BCUT2D eigenvalue weighted by atomic mass is 9.94. The molecule has 0 aliphatic carbocycles. The van der Waals surface area contributed by atoms with E-state index in [9.17, 15) is 4.79 Å². The maximum Gasteiger partial charge on any atom is 0.223 e. The first-order valence-corrected chi connectivity index (χ1v) is 8.53. The molecule has 0 saturated heterocycles. The summed E-state index contributed by atoms with van der Waals surface area (Å²) in [6.45, 7) is 5.10. The van der Waals surface area contributed by atoms with E-state index in [1.807, 2.05) is 13.8 Å². The van der Waals surface area contributed by atoms with Gasteiger partial charge in [-0.1, -0.05) is 0 Å². The van der Waals surface area contributed by atoms with Gasteiger partial charge in [-0.05, 0) is 46.0 Å². The van der Waals surface area contributed by atoms with Gasteiger partial charge in [-0.15, -0.1) is 0 Å². The SMILES string of the molecule is CC1(CCC[C@@H](CCCN=C(N)N)C(=O)NCCC2(C)N=N2)N=N1. The van der Waals surface area contributed by atoms with Gasteiger partial charge in [0, 0.05) is 25.4 Å². The zero-order valence-corrected chi connectivity index (χ0v) is 14.5. The van der Waals surface area contributed by atoms with E-state index in [4.69, 9.17) is 11.5 Å². The minimum absolute atomic E-state index is 0.0394. The zero-order chi connectivity index (χ0) is 17.6. The van der Waals surface area contributed by atoms with Gasteiger partial charge in [0.05, 0.1) is 0 Å². The second kappa shape index (κ2) is 7.67. The first-order valence-electron chi connectivity index (χ1n) is 8.53. The second-order valence-corrected chi connectivity index (χ2v) is 6.91. The Hall–Kier alpha value is -2.06. The van der Waals surface area contributed by atoms with Gasteiger partial charge in [-0.25, -0.2) is 0 Å². The van der Waals surface area contributed by atoms with Crippen molar-refractivity contribution < 1.29 is 4.79 Å². The Balaban J connectivity index is 1.71. The monoisotopic (exact) mass is 336 g/mol. The summed E-state index contributed by atoms with van der Waals surface area (Å²) in [5.74, 6) is 0.132. The van der Waals surface area contributed by atoms with E-state index in [-0.39, 0.29) is 29.1 Å². The summed E-state index contributed by atoms with van der Waals surface area (Å²) in [5, 5.41) is 18.9. The third-order valence-electron chi connectivity index (χ3n) is 4.36. The number of hydrogen-bond acceptors (Lipinski definition) is 6. The highest BCUT2D eigenvalue weighted by Crippen LogP contribution is 2.33. The smallest absolute Gasteiger partial charge is 0.223 e. The lowest BCUT2D eigenvalue weighted by molar-refractivity contribution is -0.125. The molecule has 2 rings (SSSR count). The van der Waals surface area contributed by atoms with E-state index in [2.05, 4.69) is 30.8 Å². The third kappa shape index (κ3) is 6.59. The molecule has 0 bridgehead atoms. The number of guanidine groups is 1. The molecule has 0 unspecified atom stereocenters. The summed E-state index contributed by atoms with van der Waals surface area (Å²) >= 11 is 0. The Labute approximate surface area is 142 Å². The molecule has 5 N–H and O–H groups in total. The van der Waals surface area contributed by atoms with Crippen LogP contribution in [0.25, 0.3) is 0 Å². The fraction of sp³-hybridized carbons (Fsp3) is 0.867. The molecule has 9 heteroatoms. The van der Waals surface area contributed by atoms with Crippen LogP contribution in [0.5, 0.6) is 0 Å². The quantitative estimate of drug-likeness (QED) is 0.283. The standard InChI is InChI=1S/C15H28N8O/c1-14(20-21-14)7-3-5-11(6-4-9-19-13(16)17)12(24)18-10-8-15(2)22-23-15/h11H,3-10H2,1-2H3,(H,18,24)(H4,16,17,19)/t11-/m0/s1. The number of rotatable bonds is 12. The van der Waals surface area contributed by atoms with Crippen LogP contribution >= 0.6 is 0 Å². The van der Waals surface area contributed by atoms with Crippen LogP contribution in [0.4, 0.5) is 0 Å². The number of nitrogens with one attached hydrogen (secondary N) is 1. The highest BCUT2D eigenvalue weighted by molar-refractivity contribution is 5.78. The summed E-state index contributed by atoms with van der Waals surface area (Å²) in [6.07, 6.45) is 4.92. The Morgan fingerprint density at radius 1 is 1.04 bits per heavy atom. The number of amides is 1. The number of aliphatic imine (C=N–C) groups is 1. The number of carbonyl (C=O) groups excluding carboxylic acids is 1. The molecule has 0 fully saturated rings. The van der Waals surface area contributed by atoms with E-state index >= 15 is 0 Å². The molecule has 1 atom stereocenters. The average molecular weight is 336 g/mol. The molecule has 2 heterocycles. The first-order chi connectivity index (χ1) is 11.3. The van der Waals surface area contributed by atoms with Crippen LogP contribution in [-0.4, -0.2) is 36.3 Å². The lowest BCUT2D eigenvalue weighted by Crippen LogP contribution is -2.33. The van der Waals surface area contributed by atoms with Crippen LogP contribution in [0, 0.1) is 5.92 Å². The van der Waals surface area contributed by atoms with E-state index in [0.717, 1.165) is 38.5 Å². The summed E-state index contributed by atoms with van der Waals surface area (Å²) < 4.78 is 0. The van der Waals surface area contributed by atoms with Gasteiger partial charge in [0.2, 0.25) is 5.91 Å². The lowest BCUT2D eigenvalue weighted by Gasteiger charge is -2.17. The van der Waals surface area contributed by atoms with Crippen LogP contribution in [-0.2, 0) is 4.79 Å². The topological polar surface area (TPSA) is 143 Å². The number of carbonyl (C=O) groups is 1. The van der Waals surface area contributed by atoms with Crippen LogP contribution in [0.1, 0.15) is 52.4 Å². The van der Waals surface area contributed by atoms with Gasteiger partial charge in [0.25, 0.3) is 0 Å². The van der Waals surface area contributed by atoms with Crippen molar-refractivity contribution in [2.45, 2.75) is 63.7 Å². The second-order valence-electron chi connectivity index (χ2n) is 6.91. The molecule has 0 aromatic carbocycles. The molecule has 1 amide bonds. The van der Waals surface area contributed by atoms with Crippen molar-refractivity contribution in [3.05, 3.63) is 0 Å². The normalized spacial score (nSPS) is 19.6. The van der Waals surface area contributed by atoms with Gasteiger partial charge in [0.15, 0.2) is 17.3 Å². The molecule has 2 aliphatic rings. The summed E-state index contributed by atoms with van der Waals surface area (Å²) in [5.41, 5.74) is 10.2. The Morgan fingerprint density at radius 3 is 2.21 bits per heavy atom. The summed E-state index contributed by atoms with van der Waals surface area (Å²) in [4.78, 5) is 16.4. The Kier molecular flexibility index (Phi) is 5.84. The summed E-state index contributed by atoms with van der Waals surface area (Å²) in [6, 6.07) is 0. The van der Waals surface area contributed by atoms with Crippen LogP contribution in [0.3, 0.4) is 0 Å².